The Hall–Kier alpha value is -0.790. The molecule has 0 aliphatic carbocycles. The van der Waals surface area contributed by atoms with Crippen LogP contribution in [0.5, 0.6) is 0 Å². The summed E-state index contributed by atoms with van der Waals surface area (Å²) >= 11 is 0. The molecule has 0 fully saturated rings. The number of aromatic nitrogens is 2. The molecule has 1 rings (SSSR count). The van der Waals surface area contributed by atoms with E-state index in [9.17, 15) is 0 Å². The van der Waals surface area contributed by atoms with Gasteiger partial charge in [-0.15, -0.1) is 0 Å². The summed E-state index contributed by atoms with van der Waals surface area (Å²) in [7, 11) is 0. The van der Waals surface area contributed by atoms with Gasteiger partial charge in [0.05, 0.1) is 6.20 Å². The Labute approximate surface area is 113 Å². The Morgan fingerprint density at radius 3 is 2.00 bits per heavy atom. The molecule has 2 nitrogen and oxygen atoms in total. The van der Waals surface area contributed by atoms with Gasteiger partial charge in [-0.25, -0.2) is 0 Å². The highest BCUT2D eigenvalue weighted by atomic mass is 15.1. The van der Waals surface area contributed by atoms with Gasteiger partial charge in [-0.2, -0.15) is 5.10 Å². The van der Waals surface area contributed by atoms with Crippen LogP contribution in [0.3, 0.4) is 0 Å². The SMILES string of the molecule is CCCCCCC(CCCCCC)c1cn[nH]c1. The van der Waals surface area contributed by atoms with Crippen molar-refractivity contribution < 1.29 is 0 Å². The number of rotatable bonds is 11. The van der Waals surface area contributed by atoms with Crippen molar-refractivity contribution in [2.75, 3.05) is 0 Å². The maximum absolute atomic E-state index is 4.11. The van der Waals surface area contributed by atoms with Crippen molar-refractivity contribution in [3.63, 3.8) is 0 Å². The summed E-state index contributed by atoms with van der Waals surface area (Å²) in [4.78, 5) is 0. The Bertz CT molecular complexity index is 255. The average Bonchev–Trinajstić information content (AvgIpc) is 2.91. The summed E-state index contributed by atoms with van der Waals surface area (Å²) in [5.74, 6) is 0.734. The number of nitrogens with one attached hydrogen (secondary N) is 1. The Kier molecular flexibility index (Phi) is 8.62. The van der Waals surface area contributed by atoms with Gasteiger partial charge in [0.1, 0.15) is 0 Å². The molecule has 18 heavy (non-hydrogen) atoms. The third-order valence-corrected chi connectivity index (χ3v) is 3.80. The lowest BCUT2D eigenvalue weighted by molar-refractivity contribution is 0.496. The van der Waals surface area contributed by atoms with Gasteiger partial charge in [0.2, 0.25) is 0 Å². The van der Waals surface area contributed by atoms with E-state index in [1.165, 1.54) is 69.8 Å². The van der Waals surface area contributed by atoms with Crippen molar-refractivity contribution in [2.24, 2.45) is 0 Å². The highest BCUT2D eigenvalue weighted by Gasteiger charge is 2.11. The van der Waals surface area contributed by atoms with E-state index in [1.54, 1.807) is 0 Å². The maximum atomic E-state index is 4.11. The molecular weight excluding hydrogens is 220 g/mol. The third kappa shape index (κ3) is 6.23. The maximum Gasteiger partial charge on any atom is 0.0522 e. The lowest BCUT2D eigenvalue weighted by Crippen LogP contribution is -1.98. The minimum absolute atomic E-state index is 0.734. The van der Waals surface area contributed by atoms with Crippen molar-refractivity contribution >= 4 is 0 Å². The fourth-order valence-corrected chi connectivity index (χ4v) is 2.60. The van der Waals surface area contributed by atoms with E-state index in [2.05, 4.69) is 30.2 Å². The molecule has 0 saturated heterocycles. The van der Waals surface area contributed by atoms with Crippen molar-refractivity contribution in [1.82, 2.24) is 10.2 Å². The summed E-state index contributed by atoms with van der Waals surface area (Å²) in [6.07, 6.45) is 17.7. The molecule has 2 heteroatoms. The predicted octanol–water partition coefficient (Wildman–Crippen LogP) is 5.43. The Morgan fingerprint density at radius 2 is 1.56 bits per heavy atom. The number of unbranched alkanes of at least 4 members (excludes halogenated alkanes) is 6. The van der Waals surface area contributed by atoms with Gasteiger partial charge < -0.3 is 0 Å². The van der Waals surface area contributed by atoms with Crippen LogP contribution in [0, 0.1) is 0 Å². The summed E-state index contributed by atoms with van der Waals surface area (Å²) in [6.45, 7) is 4.55. The lowest BCUT2D eigenvalue weighted by atomic mass is 9.90. The van der Waals surface area contributed by atoms with E-state index in [0.29, 0.717) is 0 Å². The van der Waals surface area contributed by atoms with E-state index in [1.807, 2.05) is 6.20 Å². The summed E-state index contributed by atoms with van der Waals surface area (Å²) in [5, 5.41) is 7.07. The quantitative estimate of drug-likeness (QED) is 0.521. The molecule has 0 saturated carbocycles. The molecule has 1 heterocycles. The molecule has 0 amide bonds. The highest BCUT2D eigenvalue weighted by Crippen LogP contribution is 2.27. The van der Waals surface area contributed by atoms with Crippen molar-refractivity contribution in [3.8, 4) is 0 Å². The van der Waals surface area contributed by atoms with Crippen LogP contribution in [0.25, 0.3) is 0 Å². The number of hydrogen-bond acceptors (Lipinski definition) is 1. The molecule has 0 aliphatic heterocycles. The van der Waals surface area contributed by atoms with Gasteiger partial charge in [-0.05, 0) is 24.3 Å². The minimum atomic E-state index is 0.734. The largest absolute Gasteiger partial charge is 0.285 e. The van der Waals surface area contributed by atoms with Crippen LogP contribution in [0.4, 0.5) is 0 Å². The molecule has 0 radical (unpaired) electrons. The van der Waals surface area contributed by atoms with Crippen LogP contribution < -0.4 is 0 Å². The fourth-order valence-electron chi connectivity index (χ4n) is 2.60. The number of nitrogens with zero attached hydrogens (tertiary/aromatic N) is 1. The van der Waals surface area contributed by atoms with Crippen LogP contribution in [0.1, 0.15) is 89.5 Å². The molecule has 0 spiro atoms. The van der Waals surface area contributed by atoms with E-state index in [-0.39, 0.29) is 0 Å². The molecule has 1 N–H and O–H groups in total. The van der Waals surface area contributed by atoms with Crippen LogP contribution in [0.15, 0.2) is 12.4 Å². The summed E-state index contributed by atoms with van der Waals surface area (Å²) in [5.41, 5.74) is 1.42. The first kappa shape index (κ1) is 15.3. The molecule has 0 atom stereocenters. The first-order valence-corrected chi connectivity index (χ1v) is 7.87. The summed E-state index contributed by atoms with van der Waals surface area (Å²) in [6, 6.07) is 0. The number of aromatic amines is 1. The van der Waals surface area contributed by atoms with Gasteiger partial charge in [0, 0.05) is 6.20 Å². The highest BCUT2D eigenvalue weighted by molar-refractivity contribution is 5.09. The molecule has 0 aromatic carbocycles. The van der Waals surface area contributed by atoms with Gasteiger partial charge in [-0.3, -0.25) is 5.10 Å². The number of H-pyrrole nitrogens is 1. The first-order valence-electron chi connectivity index (χ1n) is 7.87. The molecule has 1 aromatic rings. The zero-order valence-electron chi connectivity index (χ0n) is 12.3. The second-order valence-electron chi connectivity index (χ2n) is 5.43. The van der Waals surface area contributed by atoms with E-state index >= 15 is 0 Å². The Morgan fingerprint density at radius 1 is 0.944 bits per heavy atom. The van der Waals surface area contributed by atoms with E-state index in [4.69, 9.17) is 0 Å². The molecule has 104 valence electrons. The molecule has 0 aliphatic rings. The van der Waals surface area contributed by atoms with E-state index in [0.717, 1.165) is 5.92 Å². The van der Waals surface area contributed by atoms with Crippen LogP contribution in [0.2, 0.25) is 0 Å². The number of hydrogen-bond donors (Lipinski definition) is 1. The van der Waals surface area contributed by atoms with Crippen molar-refractivity contribution in [2.45, 2.75) is 84.0 Å². The van der Waals surface area contributed by atoms with Crippen LogP contribution in [-0.4, -0.2) is 10.2 Å². The van der Waals surface area contributed by atoms with E-state index < -0.39 is 0 Å². The predicted molar refractivity (Wildman–Crippen MR) is 78.8 cm³/mol. The van der Waals surface area contributed by atoms with Gasteiger partial charge >= 0.3 is 0 Å². The second-order valence-corrected chi connectivity index (χ2v) is 5.43. The standard InChI is InChI=1S/C16H30N2/c1-3-5-7-9-11-15(12-10-8-6-4-2)16-13-17-18-14-16/h13-15H,3-12H2,1-2H3,(H,17,18). The van der Waals surface area contributed by atoms with Crippen molar-refractivity contribution in [1.29, 1.82) is 0 Å². The monoisotopic (exact) mass is 250 g/mol. The summed E-state index contributed by atoms with van der Waals surface area (Å²) < 4.78 is 0. The fraction of sp³-hybridized carbons (Fsp3) is 0.812. The zero-order chi connectivity index (χ0) is 13.1. The van der Waals surface area contributed by atoms with Crippen LogP contribution in [-0.2, 0) is 0 Å². The Balaban J connectivity index is 2.29. The van der Waals surface area contributed by atoms with Gasteiger partial charge in [-0.1, -0.05) is 65.2 Å². The zero-order valence-corrected chi connectivity index (χ0v) is 12.3. The van der Waals surface area contributed by atoms with Crippen LogP contribution >= 0.6 is 0 Å². The lowest BCUT2D eigenvalue weighted by Gasteiger charge is -2.15. The minimum Gasteiger partial charge on any atom is -0.285 e. The second kappa shape index (κ2) is 10.2. The van der Waals surface area contributed by atoms with Crippen molar-refractivity contribution in [3.05, 3.63) is 18.0 Å². The normalized spacial score (nSPS) is 11.3. The third-order valence-electron chi connectivity index (χ3n) is 3.80. The smallest absolute Gasteiger partial charge is 0.0522 e. The molecule has 1 aromatic heterocycles. The first-order chi connectivity index (χ1) is 8.88. The molecular formula is C16H30N2. The van der Waals surface area contributed by atoms with Gasteiger partial charge in [0.25, 0.3) is 0 Å². The topological polar surface area (TPSA) is 28.7 Å². The molecule has 0 unspecified atom stereocenters. The molecule has 0 bridgehead atoms. The average molecular weight is 250 g/mol. The van der Waals surface area contributed by atoms with Gasteiger partial charge in [0.15, 0.2) is 0 Å².